The molecule has 0 amide bonds. The molecule has 3 N–H and O–H groups in total. The summed E-state index contributed by atoms with van der Waals surface area (Å²) in [6.45, 7) is 5.94. The number of aliphatic hydroxyl groups is 1. The molecule has 0 saturated heterocycles. The Labute approximate surface area is 301 Å². The number of benzene rings is 2. The van der Waals surface area contributed by atoms with Gasteiger partial charge >= 0.3 is 17.9 Å². The topological polar surface area (TPSA) is 240 Å². The molecule has 0 unspecified atom stereocenters. The maximum atomic E-state index is 13.6. The van der Waals surface area contributed by atoms with Crippen molar-refractivity contribution in [3.8, 4) is 22.5 Å². The first-order valence-corrected chi connectivity index (χ1v) is 16.5. The molecule has 0 saturated carbocycles. The Bertz CT molecular complexity index is 2060. The molecule has 282 valence electrons. The predicted octanol–water partition coefficient (Wildman–Crippen LogP) is 4.16. The summed E-state index contributed by atoms with van der Waals surface area (Å²) in [6, 6.07) is 15.1. The molecule has 2 aromatic carbocycles. The summed E-state index contributed by atoms with van der Waals surface area (Å²) in [6.07, 6.45) is 0.469. The molecule has 0 spiro atoms. The summed E-state index contributed by atoms with van der Waals surface area (Å²) in [5.41, 5.74) is 1.90. The molecular formula is C34H39N7O12. The molecule has 5 rings (SSSR count). The van der Waals surface area contributed by atoms with Gasteiger partial charge in [-0.05, 0) is 49.1 Å². The summed E-state index contributed by atoms with van der Waals surface area (Å²) in [7, 11) is 0. The van der Waals surface area contributed by atoms with Crippen LogP contribution in [0.4, 0.5) is 4.79 Å². The van der Waals surface area contributed by atoms with E-state index in [-0.39, 0.29) is 68.2 Å². The van der Waals surface area contributed by atoms with E-state index in [0.29, 0.717) is 17.8 Å². The quantitative estimate of drug-likeness (QED) is 0.0689. The van der Waals surface area contributed by atoms with Gasteiger partial charge in [-0.15, -0.1) is 15.0 Å². The SMILES string of the molecule is CCCc1nc(C(C)(C)O)c(C(=O)OCc2oc(=O)oc2C)n1Cc1ccc(-c2ccccc2-c2nnn(COC(=O)OCCCON(O)O)n2)cc1. The Morgan fingerprint density at radius 1 is 0.981 bits per heavy atom. The van der Waals surface area contributed by atoms with Gasteiger partial charge in [0.1, 0.15) is 17.1 Å². The van der Waals surface area contributed by atoms with Gasteiger partial charge in [-0.1, -0.05) is 55.5 Å². The highest BCUT2D eigenvalue weighted by atomic mass is 17.1. The average molecular weight is 738 g/mol. The van der Waals surface area contributed by atoms with Gasteiger partial charge in [0.2, 0.25) is 12.6 Å². The first kappa shape index (κ1) is 38.5. The van der Waals surface area contributed by atoms with E-state index in [4.69, 9.17) is 33.5 Å². The van der Waals surface area contributed by atoms with Gasteiger partial charge in [-0.2, -0.15) is 0 Å². The smallest absolute Gasteiger partial charge is 0.453 e. The summed E-state index contributed by atoms with van der Waals surface area (Å²) in [5, 5.41) is 40.0. The van der Waals surface area contributed by atoms with Crippen LogP contribution in [0.25, 0.3) is 22.5 Å². The fourth-order valence-electron chi connectivity index (χ4n) is 5.24. The second-order valence-electron chi connectivity index (χ2n) is 12.2. The minimum atomic E-state index is -1.47. The van der Waals surface area contributed by atoms with Crippen molar-refractivity contribution in [2.45, 2.75) is 72.4 Å². The van der Waals surface area contributed by atoms with Crippen LogP contribution < -0.4 is 5.82 Å². The Morgan fingerprint density at radius 2 is 1.72 bits per heavy atom. The van der Waals surface area contributed by atoms with Crippen molar-refractivity contribution in [3.63, 3.8) is 0 Å². The number of esters is 1. The minimum absolute atomic E-state index is 0.0789. The maximum absolute atomic E-state index is 13.6. The zero-order valence-corrected chi connectivity index (χ0v) is 29.4. The van der Waals surface area contributed by atoms with Crippen LogP contribution in [0.5, 0.6) is 0 Å². The van der Waals surface area contributed by atoms with E-state index in [1.165, 1.54) is 6.92 Å². The standard InChI is InChI=1S/C34H39N7O12/c1-5-9-27-35-29(34(3,4)45)28(31(42)49-19-26-21(2)52-33(44)53-26)39(27)18-22-12-14-23(15-13-22)24-10-6-7-11-25(24)30-36-38-40(37-30)20-50-32(43)48-16-8-17-51-41(46)47/h6-7,10-15,45-47H,5,8-9,16-20H2,1-4H3. The number of tetrazole rings is 1. The fraction of sp³-hybridized carbons (Fsp3) is 0.382. The van der Waals surface area contributed by atoms with Crippen LogP contribution in [-0.4, -0.2) is 76.0 Å². The summed E-state index contributed by atoms with van der Waals surface area (Å²) in [5.74, 6) is -0.503. The molecule has 0 aliphatic heterocycles. The fourth-order valence-corrected chi connectivity index (χ4v) is 5.24. The molecule has 0 atom stereocenters. The van der Waals surface area contributed by atoms with E-state index in [1.54, 1.807) is 18.4 Å². The second-order valence-corrected chi connectivity index (χ2v) is 12.2. The number of aromatic nitrogens is 6. The zero-order valence-electron chi connectivity index (χ0n) is 29.4. The monoisotopic (exact) mass is 737 g/mol. The molecule has 0 bridgehead atoms. The lowest BCUT2D eigenvalue weighted by molar-refractivity contribution is -0.492. The lowest BCUT2D eigenvalue weighted by atomic mass is 9.98. The number of carbonyl (C=O) groups is 2. The van der Waals surface area contributed by atoms with E-state index in [9.17, 15) is 19.5 Å². The van der Waals surface area contributed by atoms with E-state index < -0.39 is 28.9 Å². The predicted molar refractivity (Wildman–Crippen MR) is 179 cm³/mol. The van der Waals surface area contributed by atoms with E-state index >= 15 is 0 Å². The summed E-state index contributed by atoms with van der Waals surface area (Å²) in [4.78, 5) is 47.1. The average Bonchev–Trinajstić information content (AvgIpc) is 3.83. The van der Waals surface area contributed by atoms with Crippen LogP contribution in [0.1, 0.15) is 72.7 Å². The molecule has 0 fully saturated rings. The second kappa shape index (κ2) is 17.2. The zero-order chi connectivity index (χ0) is 38.1. The van der Waals surface area contributed by atoms with Gasteiger partial charge in [0.15, 0.2) is 23.8 Å². The molecular weight excluding hydrogens is 698 g/mol. The van der Waals surface area contributed by atoms with Crippen LogP contribution in [0, 0.1) is 6.92 Å². The van der Waals surface area contributed by atoms with Gasteiger partial charge in [-0.3, -0.25) is 15.3 Å². The normalized spacial score (nSPS) is 11.6. The van der Waals surface area contributed by atoms with Gasteiger partial charge in [-0.25, -0.2) is 19.4 Å². The lowest BCUT2D eigenvalue weighted by Crippen LogP contribution is -2.23. The lowest BCUT2D eigenvalue weighted by Gasteiger charge is -2.17. The van der Waals surface area contributed by atoms with Crippen molar-refractivity contribution < 1.29 is 53.0 Å². The van der Waals surface area contributed by atoms with Gasteiger partial charge in [0, 0.05) is 24.9 Å². The van der Waals surface area contributed by atoms with Crippen molar-refractivity contribution in [1.29, 1.82) is 0 Å². The third-order valence-corrected chi connectivity index (χ3v) is 7.70. The van der Waals surface area contributed by atoms with Crippen molar-refractivity contribution in [3.05, 3.63) is 93.4 Å². The van der Waals surface area contributed by atoms with Crippen LogP contribution in [0.3, 0.4) is 0 Å². The number of carbonyl (C=O) groups excluding carboxylic acids is 2. The number of imidazole rings is 1. The maximum Gasteiger partial charge on any atom is 0.519 e. The first-order valence-electron chi connectivity index (χ1n) is 16.5. The Morgan fingerprint density at radius 3 is 2.38 bits per heavy atom. The largest absolute Gasteiger partial charge is 0.519 e. The number of nitrogens with zero attached hydrogens (tertiary/aromatic N) is 7. The summed E-state index contributed by atoms with van der Waals surface area (Å²) >= 11 is 0. The number of hydrogen-bond donors (Lipinski definition) is 3. The number of rotatable bonds is 17. The Balaban J connectivity index is 1.32. The Hall–Kier alpha value is -5.73. The molecule has 0 aliphatic rings. The molecule has 53 heavy (non-hydrogen) atoms. The highest BCUT2D eigenvalue weighted by Crippen LogP contribution is 2.31. The van der Waals surface area contributed by atoms with Crippen LogP contribution in [0.2, 0.25) is 0 Å². The molecule has 0 radical (unpaired) electrons. The van der Waals surface area contributed by atoms with Crippen LogP contribution in [-0.2, 0) is 51.0 Å². The molecule has 19 nitrogen and oxygen atoms in total. The van der Waals surface area contributed by atoms with Crippen LogP contribution >= 0.6 is 0 Å². The van der Waals surface area contributed by atoms with E-state index in [2.05, 4.69) is 25.2 Å². The van der Waals surface area contributed by atoms with Crippen molar-refractivity contribution in [2.24, 2.45) is 0 Å². The number of ether oxygens (including phenoxy) is 3. The van der Waals surface area contributed by atoms with Crippen molar-refractivity contribution >= 4 is 12.1 Å². The molecule has 3 heterocycles. The van der Waals surface area contributed by atoms with Crippen molar-refractivity contribution in [2.75, 3.05) is 13.2 Å². The highest BCUT2D eigenvalue weighted by Gasteiger charge is 2.33. The van der Waals surface area contributed by atoms with Crippen molar-refractivity contribution in [1.82, 2.24) is 35.1 Å². The Kier molecular flexibility index (Phi) is 12.5. The molecule has 5 aromatic rings. The third kappa shape index (κ3) is 9.99. The summed E-state index contributed by atoms with van der Waals surface area (Å²) < 4.78 is 27.0. The number of aryl methyl sites for hydroxylation is 2. The third-order valence-electron chi connectivity index (χ3n) is 7.70. The van der Waals surface area contributed by atoms with Gasteiger partial charge < -0.3 is 32.7 Å². The molecule has 0 aliphatic carbocycles. The van der Waals surface area contributed by atoms with E-state index in [1.807, 2.05) is 55.5 Å². The number of hydrogen-bond acceptors (Lipinski definition) is 17. The van der Waals surface area contributed by atoms with E-state index in [0.717, 1.165) is 27.9 Å². The minimum Gasteiger partial charge on any atom is -0.453 e. The van der Waals surface area contributed by atoms with Gasteiger partial charge in [0.05, 0.1) is 18.6 Å². The highest BCUT2D eigenvalue weighted by molar-refractivity contribution is 5.89. The van der Waals surface area contributed by atoms with Crippen LogP contribution in [0.15, 0.2) is 62.2 Å². The molecule has 19 heteroatoms. The molecule has 3 aromatic heterocycles. The van der Waals surface area contributed by atoms with Gasteiger partial charge in [0.25, 0.3) is 0 Å². The first-order chi connectivity index (χ1) is 25.3.